The van der Waals surface area contributed by atoms with E-state index in [0.29, 0.717) is 11.7 Å². The normalized spacial score (nSPS) is 12.8. The zero-order chi connectivity index (χ0) is 13.7. The minimum absolute atomic E-state index is 0.0513. The van der Waals surface area contributed by atoms with Gasteiger partial charge in [0.05, 0.1) is 12.6 Å². The molecule has 1 atom stereocenters. The molecule has 1 aromatic heterocycles. The molecule has 1 heterocycles. The third-order valence-electron chi connectivity index (χ3n) is 2.88. The monoisotopic (exact) mass is 253 g/mol. The molecule has 1 unspecified atom stereocenters. The van der Waals surface area contributed by atoms with Gasteiger partial charge >= 0.3 is 0 Å². The van der Waals surface area contributed by atoms with Crippen LogP contribution in [0, 0.1) is 12.8 Å². The first-order valence-electron chi connectivity index (χ1n) is 6.48. The molecular formula is C14H23NO3. The van der Waals surface area contributed by atoms with Gasteiger partial charge in [0, 0.05) is 6.42 Å². The van der Waals surface area contributed by atoms with Crippen molar-refractivity contribution < 1.29 is 14.3 Å². The fourth-order valence-electron chi connectivity index (χ4n) is 1.99. The van der Waals surface area contributed by atoms with Crippen LogP contribution < -0.4 is 5.32 Å². The van der Waals surface area contributed by atoms with E-state index in [2.05, 4.69) is 19.2 Å². The van der Waals surface area contributed by atoms with Crippen molar-refractivity contribution in [3.8, 4) is 0 Å². The maximum absolute atomic E-state index is 12.0. The summed E-state index contributed by atoms with van der Waals surface area (Å²) < 4.78 is 5.48. The van der Waals surface area contributed by atoms with Crippen LogP contribution >= 0.6 is 0 Å². The van der Waals surface area contributed by atoms with E-state index >= 15 is 0 Å². The summed E-state index contributed by atoms with van der Waals surface area (Å²) in [6, 6.07) is 1.53. The zero-order valence-electron chi connectivity index (χ0n) is 11.6. The highest BCUT2D eigenvalue weighted by Crippen LogP contribution is 2.15. The second-order valence-corrected chi connectivity index (χ2v) is 5.05. The molecule has 0 aliphatic rings. The summed E-state index contributed by atoms with van der Waals surface area (Å²) in [6.45, 7) is 7.98. The SMILES string of the molecule is CCc1oc(C(=O)NC(CO)CC(C)C)cc1C. The van der Waals surface area contributed by atoms with Gasteiger partial charge in [-0.2, -0.15) is 0 Å². The Kier molecular flexibility index (Phi) is 5.41. The van der Waals surface area contributed by atoms with Crippen molar-refractivity contribution in [3.05, 3.63) is 23.2 Å². The molecule has 1 rings (SSSR count). The molecule has 0 saturated heterocycles. The molecule has 0 saturated carbocycles. The average molecular weight is 253 g/mol. The lowest BCUT2D eigenvalue weighted by atomic mass is 10.0. The Labute approximate surface area is 108 Å². The maximum atomic E-state index is 12.0. The van der Waals surface area contributed by atoms with Crippen LogP contribution in [0.15, 0.2) is 10.5 Å². The maximum Gasteiger partial charge on any atom is 0.287 e. The third kappa shape index (κ3) is 3.88. The van der Waals surface area contributed by atoms with Crippen molar-refractivity contribution >= 4 is 5.91 Å². The molecule has 0 spiro atoms. The number of aryl methyl sites for hydroxylation is 2. The lowest BCUT2D eigenvalue weighted by Crippen LogP contribution is -2.38. The first-order valence-corrected chi connectivity index (χ1v) is 6.48. The van der Waals surface area contributed by atoms with Crippen molar-refractivity contribution in [1.29, 1.82) is 0 Å². The first kappa shape index (κ1) is 14.8. The second kappa shape index (κ2) is 6.59. The molecule has 0 bridgehead atoms. The Morgan fingerprint density at radius 1 is 1.50 bits per heavy atom. The van der Waals surface area contributed by atoms with E-state index in [4.69, 9.17) is 4.42 Å². The summed E-state index contributed by atoms with van der Waals surface area (Å²) in [5, 5.41) is 12.0. The Morgan fingerprint density at radius 2 is 2.17 bits per heavy atom. The molecule has 1 aromatic rings. The Hall–Kier alpha value is -1.29. The van der Waals surface area contributed by atoms with Crippen LogP contribution in [0.5, 0.6) is 0 Å². The van der Waals surface area contributed by atoms with Crippen molar-refractivity contribution in [2.75, 3.05) is 6.61 Å². The summed E-state index contributed by atoms with van der Waals surface area (Å²) in [5.41, 5.74) is 0.993. The van der Waals surface area contributed by atoms with E-state index < -0.39 is 0 Å². The van der Waals surface area contributed by atoms with Gasteiger partial charge in [0.15, 0.2) is 5.76 Å². The number of hydrogen-bond donors (Lipinski definition) is 2. The van der Waals surface area contributed by atoms with Crippen LogP contribution in [0.4, 0.5) is 0 Å². The smallest absolute Gasteiger partial charge is 0.287 e. The number of nitrogens with one attached hydrogen (secondary N) is 1. The molecule has 4 heteroatoms. The van der Waals surface area contributed by atoms with Crippen molar-refractivity contribution in [2.45, 2.75) is 46.6 Å². The molecule has 0 aliphatic carbocycles. The Bertz CT molecular complexity index is 396. The van der Waals surface area contributed by atoms with Crippen molar-refractivity contribution in [2.24, 2.45) is 5.92 Å². The third-order valence-corrected chi connectivity index (χ3v) is 2.88. The van der Waals surface area contributed by atoms with Gasteiger partial charge in [-0.15, -0.1) is 0 Å². The fraction of sp³-hybridized carbons (Fsp3) is 0.643. The van der Waals surface area contributed by atoms with E-state index in [-0.39, 0.29) is 18.6 Å². The number of carbonyl (C=O) groups excluding carboxylic acids is 1. The summed E-state index contributed by atoms with van der Waals surface area (Å²) in [7, 11) is 0. The van der Waals surface area contributed by atoms with E-state index in [1.54, 1.807) is 6.07 Å². The number of carbonyl (C=O) groups is 1. The molecule has 0 radical (unpaired) electrons. The van der Waals surface area contributed by atoms with Crippen LogP contribution in [-0.4, -0.2) is 23.7 Å². The van der Waals surface area contributed by atoms with E-state index in [1.165, 1.54) is 0 Å². The number of aliphatic hydroxyl groups is 1. The van der Waals surface area contributed by atoms with Crippen LogP contribution in [0.1, 0.15) is 49.1 Å². The molecule has 4 nitrogen and oxygen atoms in total. The van der Waals surface area contributed by atoms with Gasteiger partial charge in [0.1, 0.15) is 5.76 Å². The van der Waals surface area contributed by atoms with Gasteiger partial charge in [0.2, 0.25) is 0 Å². The minimum Gasteiger partial charge on any atom is -0.456 e. The molecule has 0 fully saturated rings. The van der Waals surface area contributed by atoms with Crippen LogP contribution in [0.25, 0.3) is 0 Å². The summed E-state index contributed by atoms with van der Waals surface area (Å²) in [5.74, 6) is 1.33. The standard InChI is InChI=1S/C14H23NO3/c1-5-12-10(4)7-13(18-12)14(17)15-11(8-16)6-9(2)3/h7,9,11,16H,5-6,8H2,1-4H3,(H,15,17). The molecule has 2 N–H and O–H groups in total. The Balaban J connectivity index is 2.68. The highest BCUT2D eigenvalue weighted by atomic mass is 16.4. The molecule has 0 aromatic carbocycles. The Morgan fingerprint density at radius 3 is 2.61 bits per heavy atom. The van der Waals surface area contributed by atoms with Gasteiger partial charge in [0.25, 0.3) is 5.91 Å². The highest BCUT2D eigenvalue weighted by molar-refractivity contribution is 5.92. The summed E-state index contributed by atoms with van der Waals surface area (Å²) in [6.07, 6.45) is 1.52. The van der Waals surface area contributed by atoms with Gasteiger partial charge in [-0.3, -0.25) is 4.79 Å². The number of amides is 1. The lowest BCUT2D eigenvalue weighted by molar-refractivity contribution is 0.0878. The van der Waals surface area contributed by atoms with Crippen LogP contribution in [0.3, 0.4) is 0 Å². The largest absolute Gasteiger partial charge is 0.456 e. The summed E-state index contributed by atoms with van der Waals surface area (Å²) >= 11 is 0. The predicted molar refractivity (Wildman–Crippen MR) is 70.6 cm³/mol. The zero-order valence-corrected chi connectivity index (χ0v) is 11.6. The van der Waals surface area contributed by atoms with Gasteiger partial charge in [-0.25, -0.2) is 0 Å². The van der Waals surface area contributed by atoms with E-state index in [0.717, 1.165) is 24.2 Å². The number of aliphatic hydroxyl groups excluding tert-OH is 1. The fourth-order valence-corrected chi connectivity index (χ4v) is 1.99. The van der Waals surface area contributed by atoms with Gasteiger partial charge < -0.3 is 14.8 Å². The van der Waals surface area contributed by atoms with Gasteiger partial charge in [-0.05, 0) is 30.9 Å². The number of hydrogen-bond acceptors (Lipinski definition) is 3. The number of rotatable bonds is 6. The summed E-state index contributed by atoms with van der Waals surface area (Å²) in [4.78, 5) is 12.0. The topological polar surface area (TPSA) is 62.5 Å². The van der Waals surface area contributed by atoms with E-state index in [1.807, 2.05) is 13.8 Å². The highest BCUT2D eigenvalue weighted by Gasteiger charge is 2.18. The minimum atomic E-state index is -0.252. The quantitative estimate of drug-likeness (QED) is 0.817. The first-order chi connectivity index (χ1) is 8.47. The lowest BCUT2D eigenvalue weighted by Gasteiger charge is -2.17. The molecular weight excluding hydrogens is 230 g/mol. The van der Waals surface area contributed by atoms with Crippen LogP contribution in [-0.2, 0) is 6.42 Å². The van der Waals surface area contributed by atoms with Gasteiger partial charge in [-0.1, -0.05) is 20.8 Å². The molecule has 102 valence electrons. The van der Waals surface area contributed by atoms with E-state index in [9.17, 15) is 9.90 Å². The molecule has 1 amide bonds. The average Bonchev–Trinajstić information content (AvgIpc) is 2.69. The predicted octanol–water partition coefficient (Wildman–Crippen LogP) is 2.29. The second-order valence-electron chi connectivity index (χ2n) is 5.05. The van der Waals surface area contributed by atoms with Crippen molar-refractivity contribution in [3.63, 3.8) is 0 Å². The molecule has 18 heavy (non-hydrogen) atoms. The number of furan rings is 1. The van der Waals surface area contributed by atoms with Crippen molar-refractivity contribution in [1.82, 2.24) is 5.32 Å². The van der Waals surface area contributed by atoms with Crippen LogP contribution in [0.2, 0.25) is 0 Å². The molecule has 0 aliphatic heterocycles.